The van der Waals surface area contributed by atoms with Crippen molar-refractivity contribution in [1.82, 2.24) is 30.8 Å². The maximum Gasteiger partial charge on any atom is 0.248 e. The number of nitrogens with two attached hydrogens (primary N) is 2. The largest absolute Gasteiger partial charge is 0.366 e. The minimum Gasteiger partial charge on any atom is -0.366 e. The number of primary amides is 2. The maximum atomic E-state index is 11.8. The van der Waals surface area contributed by atoms with Crippen LogP contribution in [0.5, 0.6) is 0 Å². The first-order chi connectivity index (χ1) is 18.7. The van der Waals surface area contributed by atoms with Gasteiger partial charge < -0.3 is 21.7 Å². The third kappa shape index (κ3) is 4.86. The van der Waals surface area contributed by atoms with Gasteiger partial charge >= 0.3 is 0 Å². The van der Waals surface area contributed by atoms with Crippen molar-refractivity contribution in [3.8, 4) is 6.07 Å². The van der Waals surface area contributed by atoms with E-state index in [9.17, 15) is 14.9 Å². The molecule has 4 atom stereocenters. The van der Waals surface area contributed by atoms with E-state index in [1.165, 1.54) is 0 Å². The summed E-state index contributed by atoms with van der Waals surface area (Å²) in [6.07, 6.45) is 2.52. The van der Waals surface area contributed by atoms with E-state index in [1.54, 1.807) is 24.3 Å². The summed E-state index contributed by atoms with van der Waals surface area (Å²) in [4.78, 5) is 25.7. The lowest BCUT2D eigenvalue weighted by molar-refractivity contribution is 0.0992. The summed E-state index contributed by atoms with van der Waals surface area (Å²) in [5.74, 6) is -0.0249. The molecular weight excluding hydrogens is 494 g/mol. The van der Waals surface area contributed by atoms with Crippen LogP contribution in [0, 0.1) is 17.2 Å². The van der Waals surface area contributed by atoms with Crippen LogP contribution < -0.4 is 16.8 Å². The molecule has 2 aromatic carbocycles. The summed E-state index contributed by atoms with van der Waals surface area (Å²) in [6.45, 7) is 6.86. The van der Waals surface area contributed by atoms with Gasteiger partial charge in [0.1, 0.15) is 6.04 Å². The summed E-state index contributed by atoms with van der Waals surface area (Å²) in [7, 11) is 0. The molecule has 39 heavy (non-hydrogen) atoms. The number of piperidine rings is 1. The van der Waals surface area contributed by atoms with Gasteiger partial charge in [0.15, 0.2) is 5.82 Å². The molecular formula is C28H31N9O2. The van der Waals surface area contributed by atoms with E-state index in [0.717, 1.165) is 29.7 Å². The van der Waals surface area contributed by atoms with Gasteiger partial charge in [0.2, 0.25) is 11.8 Å². The third-order valence-corrected chi connectivity index (χ3v) is 7.94. The van der Waals surface area contributed by atoms with Crippen LogP contribution in [0.15, 0.2) is 60.8 Å². The van der Waals surface area contributed by atoms with Crippen LogP contribution in [0.1, 0.15) is 63.9 Å². The SMILES string of the molecule is C=C(CN[C@@H](C)CC(c1ccc(C(N)=O)cc1)(c1ccc(C(N)=O)cc1)c1nn[nH]n1)N1C(C#N)C[C@@H]2C[C@@H]21. The molecule has 6 N–H and O–H groups in total. The number of aromatic nitrogens is 4. The Hall–Kier alpha value is -4.56. The lowest BCUT2D eigenvalue weighted by Crippen LogP contribution is -2.42. The molecule has 0 radical (unpaired) electrons. The van der Waals surface area contributed by atoms with E-state index < -0.39 is 17.2 Å². The van der Waals surface area contributed by atoms with Gasteiger partial charge in [-0.15, -0.1) is 10.2 Å². The summed E-state index contributed by atoms with van der Waals surface area (Å²) in [5.41, 5.74) is 13.4. The van der Waals surface area contributed by atoms with Gasteiger partial charge in [0.05, 0.1) is 11.5 Å². The van der Waals surface area contributed by atoms with Crippen LogP contribution in [0.3, 0.4) is 0 Å². The second-order valence-corrected chi connectivity index (χ2v) is 10.4. The standard InChI is InChI=1S/C28H31N9O2/c1-16(32-15-17(2)37-23(14-29)11-20-12-24(20)37)13-28(27-33-35-36-34-27,21-7-3-18(4-8-21)25(30)38)22-9-5-19(6-10-22)26(31)39/h3-10,16,20,23-24,32H,2,11-13,15H2,1H3,(H2,30,38)(H2,31,39)(H,33,34,35,36)/t16-,20+,23?,24-/m0/s1. The van der Waals surface area contributed by atoms with Crippen LogP contribution in [0.2, 0.25) is 0 Å². The highest BCUT2D eigenvalue weighted by Gasteiger charge is 2.52. The highest BCUT2D eigenvalue weighted by molar-refractivity contribution is 5.93. The molecule has 11 nitrogen and oxygen atoms in total. The zero-order chi connectivity index (χ0) is 27.7. The Kier molecular flexibility index (Phi) is 6.89. The number of hydrogen-bond acceptors (Lipinski definition) is 8. The van der Waals surface area contributed by atoms with Gasteiger partial charge in [0, 0.05) is 35.5 Å². The Balaban J connectivity index is 1.48. The van der Waals surface area contributed by atoms with Crippen LogP contribution in [-0.4, -0.2) is 62.0 Å². The minimum atomic E-state index is -0.905. The van der Waals surface area contributed by atoms with Crippen LogP contribution >= 0.6 is 0 Å². The molecule has 1 aliphatic heterocycles. The number of likely N-dealkylation sites (tertiary alicyclic amines) is 1. The molecule has 200 valence electrons. The molecule has 1 saturated carbocycles. The van der Waals surface area contributed by atoms with Crippen molar-refractivity contribution in [2.24, 2.45) is 17.4 Å². The maximum absolute atomic E-state index is 11.8. The molecule has 5 rings (SSSR count). The molecule has 0 spiro atoms. The zero-order valence-electron chi connectivity index (χ0n) is 21.7. The highest BCUT2D eigenvalue weighted by Crippen LogP contribution is 2.49. The topological polar surface area (TPSA) is 180 Å². The van der Waals surface area contributed by atoms with Gasteiger partial charge in [-0.2, -0.15) is 10.5 Å². The molecule has 1 aliphatic carbocycles. The molecule has 1 aromatic heterocycles. The van der Waals surface area contributed by atoms with Gasteiger partial charge in [-0.3, -0.25) is 9.59 Å². The predicted octanol–water partition coefficient (Wildman–Crippen LogP) is 1.60. The number of rotatable bonds is 11. The van der Waals surface area contributed by atoms with E-state index >= 15 is 0 Å². The first kappa shape index (κ1) is 26.1. The Bertz CT molecular complexity index is 1350. The number of benzene rings is 2. The first-order valence-electron chi connectivity index (χ1n) is 12.9. The lowest BCUT2D eigenvalue weighted by atomic mass is 9.69. The average molecular weight is 526 g/mol. The van der Waals surface area contributed by atoms with E-state index in [4.69, 9.17) is 11.5 Å². The fourth-order valence-corrected chi connectivity index (χ4v) is 5.87. The molecule has 0 bridgehead atoms. The van der Waals surface area contributed by atoms with Gasteiger partial charge in [-0.1, -0.05) is 36.1 Å². The van der Waals surface area contributed by atoms with Crippen molar-refractivity contribution in [3.05, 3.63) is 88.9 Å². The Labute approximate surface area is 226 Å². The molecule has 1 saturated heterocycles. The highest BCUT2D eigenvalue weighted by atomic mass is 16.1. The minimum absolute atomic E-state index is 0.0787. The number of amides is 2. The third-order valence-electron chi connectivity index (χ3n) is 7.94. The van der Waals surface area contributed by atoms with Crippen LogP contribution in [-0.2, 0) is 5.41 Å². The first-order valence-corrected chi connectivity index (χ1v) is 12.9. The van der Waals surface area contributed by atoms with Crippen molar-refractivity contribution in [2.75, 3.05) is 6.54 Å². The molecule has 3 aromatic rings. The number of hydrogen-bond donors (Lipinski definition) is 4. The number of H-pyrrole nitrogens is 1. The van der Waals surface area contributed by atoms with Crippen LogP contribution in [0.4, 0.5) is 0 Å². The second-order valence-electron chi connectivity index (χ2n) is 10.4. The summed E-state index contributed by atoms with van der Waals surface area (Å²) in [5, 5.41) is 28.3. The number of nitrogens with one attached hydrogen (secondary N) is 2. The van der Waals surface area contributed by atoms with Crippen LogP contribution in [0.25, 0.3) is 0 Å². The summed E-state index contributed by atoms with van der Waals surface area (Å²) < 4.78 is 0. The summed E-state index contributed by atoms with van der Waals surface area (Å²) >= 11 is 0. The number of tetrazole rings is 1. The number of nitriles is 1. The van der Waals surface area contributed by atoms with E-state index in [-0.39, 0.29) is 12.1 Å². The Morgan fingerprint density at radius 2 is 1.72 bits per heavy atom. The normalized spacial score (nSPS) is 20.6. The molecule has 1 unspecified atom stereocenters. The van der Waals surface area contributed by atoms with Crippen molar-refractivity contribution in [3.63, 3.8) is 0 Å². The molecule has 2 aliphatic rings. The monoisotopic (exact) mass is 525 g/mol. The Morgan fingerprint density at radius 3 is 2.21 bits per heavy atom. The summed E-state index contributed by atoms with van der Waals surface area (Å²) in [6, 6.07) is 16.7. The number of aromatic amines is 1. The zero-order valence-corrected chi connectivity index (χ0v) is 21.7. The predicted molar refractivity (Wildman–Crippen MR) is 143 cm³/mol. The van der Waals surface area contributed by atoms with Gasteiger partial charge in [-0.25, -0.2) is 0 Å². The fraction of sp³-hybridized carbons (Fsp3) is 0.357. The van der Waals surface area contributed by atoms with Gasteiger partial charge in [0.25, 0.3) is 0 Å². The average Bonchev–Trinajstić information content (AvgIpc) is 3.31. The molecule has 2 fully saturated rings. The van der Waals surface area contributed by atoms with Crippen molar-refractivity contribution >= 4 is 11.8 Å². The molecule has 11 heteroatoms. The number of nitrogens with zero attached hydrogens (tertiary/aromatic N) is 5. The van der Waals surface area contributed by atoms with E-state index in [1.807, 2.05) is 24.3 Å². The smallest absolute Gasteiger partial charge is 0.248 e. The number of carbonyl (C=O) groups excluding carboxylic acids is 2. The van der Waals surface area contributed by atoms with Gasteiger partial charge in [-0.05, 0) is 67.5 Å². The molecule has 2 amide bonds. The van der Waals surface area contributed by atoms with Crippen molar-refractivity contribution in [1.29, 1.82) is 5.26 Å². The fourth-order valence-electron chi connectivity index (χ4n) is 5.87. The van der Waals surface area contributed by atoms with Crippen molar-refractivity contribution in [2.45, 2.75) is 49.7 Å². The quantitative estimate of drug-likeness (QED) is 0.291. The lowest BCUT2D eigenvalue weighted by Gasteiger charge is -2.35. The second kappa shape index (κ2) is 10.3. The molecule has 2 heterocycles. The van der Waals surface area contributed by atoms with Crippen molar-refractivity contribution < 1.29 is 9.59 Å². The van der Waals surface area contributed by atoms with E-state index in [0.29, 0.717) is 41.9 Å². The number of fused-ring (bicyclic) bond motifs is 1. The van der Waals surface area contributed by atoms with E-state index in [2.05, 4.69) is 50.4 Å². The Morgan fingerprint density at radius 1 is 1.13 bits per heavy atom. The number of carbonyl (C=O) groups is 2.